The molecule has 1 heterocycles. The van der Waals surface area contributed by atoms with Gasteiger partial charge in [-0.05, 0) is 30.7 Å². The quantitative estimate of drug-likeness (QED) is 0.943. The molecule has 0 unspecified atom stereocenters. The lowest BCUT2D eigenvalue weighted by molar-refractivity contribution is 0.281. The molecular weight excluding hydrogens is 304 g/mol. The van der Waals surface area contributed by atoms with Crippen LogP contribution in [0.5, 0.6) is 0 Å². The second-order valence-electron chi connectivity index (χ2n) is 3.62. The number of benzene rings is 1. The molecule has 3 nitrogen and oxygen atoms in total. The van der Waals surface area contributed by atoms with Crippen LogP contribution in [-0.2, 0) is 13.0 Å². The minimum Gasteiger partial charge on any atom is -0.391 e. The van der Waals surface area contributed by atoms with E-state index in [0.29, 0.717) is 10.7 Å². The molecule has 0 aliphatic heterocycles. The molecule has 0 fully saturated rings. The van der Waals surface area contributed by atoms with Crippen LogP contribution in [0.25, 0.3) is 5.69 Å². The van der Waals surface area contributed by atoms with Gasteiger partial charge in [0.2, 0.25) is 0 Å². The zero-order valence-corrected chi connectivity index (χ0v) is 11.7. The molecule has 0 atom stereocenters. The normalized spacial score (nSPS) is 10.8. The van der Waals surface area contributed by atoms with E-state index in [1.165, 1.54) is 0 Å². The van der Waals surface area contributed by atoms with Gasteiger partial charge in [0.25, 0.3) is 0 Å². The molecule has 0 saturated carbocycles. The van der Waals surface area contributed by atoms with Crippen molar-refractivity contribution in [1.82, 2.24) is 9.78 Å². The molecule has 17 heavy (non-hydrogen) atoms. The predicted molar refractivity (Wildman–Crippen MR) is 71.6 cm³/mol. The first-order valence-corrected chi connectivity index (χ1v) is 6.47. The van der Waals surface area contributed by atoms with Gasteiger partial charge < -0.3 is 5.11 Å². The Morgan fingerprint density at radius 3 is 2.47 bits per heavy atom. The first-order valence-electron chi connectivity index (χ1n) is 5.30. The number of hydrogen-bond acceptors (Lipinski definition) is 2. The molecule has 2 rings (SSSR count). The highest BCUT2D eigenvalue weighted by Gasteiger charge is 2.15. The van der Waals surface area contributed by atoms with Gasteiger partial charge in [0.1, 0.15) is 5.15 Å². The number of aryl methyl sites for hydroxylation is 1. The fourth-order valence-corrected chi connectivity index (χ4v) is 2.23. The molecule has 0 aliphatic carbocycles. The summed E-state index contributed by atoms with van der Waals surface area (Å²) in [5.41, 5.74) is 2.42. The van der Waals surface area contributed by atoms with Crippen LogP contribution in [0, 0.1) is 0 Å². The maximum Gasteiger partial charge on any atom is 0.138 e. The molecule has 90 valence electrons. The number of nitrogens with zero attached hydrogens (tertiary/aromatic N) is 2. The van der Waals surface area contributed by atoms with Gasteiger partial charge in [0.05, 0.1) is 18.0 Å². The predicted octanol–water partition coefficient (Wildman–Crippen LogP) is 3.34. The van der Waals surface area contributed by atoms with Crippen molar-refractivity contribution in [2.45, 2.75) is 20.0 Å². The summed E-state index contributed by atoms with van der Waals surface area (Å²) < 4.78 is 2.65. The lowest BCUT2D eigenvalue weighted by atomic mass is 10.2. The summed E-state index contributed by atoms with van der Waals surface area (Å²) in [5.74, 6) is 0. The van der Waals surface area contributed by atoms with Crippen molar-refractivity contribution >= 4 is 27.5 Å². The van der Waals surface area contributed by atoms with E-state index in [2.05, 4.69) is 21.0 Å². The highest BCUT2D eigenvalue weighted by Crippen LogP contribution is 2.25. The van der Waals surface area contributed by atoms with Crippen LogP contribution in [0.2, 0.25) is 5.15 Å². The van der Waals surface area contributed by atoms with Crippen molar-refractivity contribution in [2.24, 2.45) is 0 Å². The van der Waals surface area contributed by atoms with E-state index in [9.17, 15) is 5.11 Å². The minimum absolute atomic E-state index is 0.0848. The standard InChI is InChI=1S/C12H12BrClN2O/c1-2-11-10(7-17)12(14)16(15-11)9-5-3-8(13)4-6-9/h3-6,17H,2,7H2,1H3. The van der Waals surface area contributed by atoms with Crippen molar-refractivity contribution < 1.29 is 5.11 Å². The van der Waals surface area contributed by atoms with Crippen molar-refractivity contribution in [3.05, 3.63) is 45.1 Å². The number of rotatable bonds is 3. The Morgan fingerprint density at radius 1 is 1.35 bits per heavy atom. The zero-order valence-electron chi connectivity index (χ0n) is 9.32. The summed E-state index contributed by atoms with van der Waals surface area (Å²) in [6.45, 7) is 1.91. The maximum atomic E-state index is 9.29. The number of halogens is 2. The second kappa shape index (κ2) is 5.21. The molecular formula is C12H12BrClN2O. The molecule has 0 saturated heterocycles. The Hall–Kier alpha value is -0.840. The molecule has 5 heteroatoms. The Morgan fingerprint density at radius 2 is 2.00 bits per heavy atom. The summed E-state index contributed by atoms with van der Waals surface area (Å²) in [6, 6.07) is 7.70. The van der Waals surface area contributed by atoms with Gasteiger partial charge in [-0.25, -0.2) is 4.68 Å². The van der Waals surface area contributed by atoms with Crippen LogP contribution >= 0.6 is 27.5 Å². The number of aliphatic hydroxyl groups excluding tert-OH is 1. The number of aliphatic hydroxyl groups is 1. The molecule has 1 N–H and O–H groups in total. The first kappa shape index (κ1) is 12.6. The van der Waals surface area contributed by atoms with Crippen molar-refractivity contribution in [1.29, 1.82) is 0 Å². The van der Waals surface area contributed by atoms with E-state index < -0.39 is 0 Å². The van der Waals surface area contributed by atoms with Crippen molar-refractivity contribution in [2.75, 3.05) is 0 Å². The molecule has 2 aromatic rings. The minimum atomic E-state index is -0.0848. The number of aromatic nitrogens is 2. The second-order valence-corrected chi connectivity index (χ2v) is 4.89. The molecule has 0 radical (unpaired) electrons. The Balaban J connectivity index is 2.52. The molecule has 0 aliphatic rings. The van der Waals surface area contributed by atoms with Crippen molar-refractivity contribution in [3.63, 3.8) is 0 Å². The van der Waals surface area contributed by atoms with Gasteiger partial charge in [0, 0.05) is 10.0 Å². The summed E-state index contributed by atoms with van der Waals surface area (Å²) in [6.07, 6.45) is 0.749. The lowest BCUT2D eigenvalue weighted by Gasteiger charge is -2.03. The fourth-order valence-electron chi connectivity index (χ4n) is 1.67. The molecule has 0 amide bonds. The van der Waals surface area contributed by atoms with E-state index in [4.69, 9.17) is 11.6 Å². The van der Waals surface area contributed by atoms with Crippen LogP contribution in [0.15, 0.2) is 28.7 Å². The van der Waals surface area contributed by atoms with E-state index in [1.54, 1.807) is 4.68 Å². The third kappa shape index (κ3) is 2.39. The molecule has 1 aromatic heterocycles. The van der Waals surface area contributed by atoms with E-state index in [-0.39, 0.29) is 6.61 Å². The highest BCUT2D eigenvalue weighted by atomic mass is 79.9. The van der Waals surface area contributed by atoms with Gasteiger partial charge in [-0.2, -0.15) is 5.10 Å². The Kier molecular flexibility index (Phi) is 3.86. The van der Waals surface area contributed by atoms with Crippen LogP contribution in [-0.4, -0.2) is 14.9 Å². The van der Waals surface area contributed by atoms with E-state index in [0.717, 1.165) is 22.3 Å². The largest absolute Gasteiger partial charge is 0.391 e. The van der Waals surface area contributed by atoms with Crippen LogP contribution in [0.3, 0.4) is 0 Å². The summed E-state index contributed by atoms with van der Waals surface area (Å²) in [4.78, 5) is 0. The maximum absolute atomic E-state index is 9.29. The van der Waals surface area contributed by atoms with Gasteiger partial charge in [-0.3, -0.25) is 0 Å². The third-order valence-electron chi connectivity index (χ3n) is 2.57. The highest BCUT2D eigenvalue weighted by molar-refractivity contribution is 9.10. The van der Waals surface area contributed by atoms with Crippen LogP contribution < -0.4 is 0 Å². The van der Waals surface area contributed by atoms with Gasteiger partial charge in [0.15, 0.2) is 0 Å². The topological polar surface area (TPSA) is 38.0 Å². The van der Waals surface area contributed by atoms with Gasteiger partial charge >= 0.3 is 0 Å². The first-order chi connectivity index (χ1) is 8.17. The fraction of sp³-hybridized carbons (Fsp3) is 0.250. The third-order valence-corrected chi connectivity index (χ3v) is 3.49. The molecule has 0 bridgehead atoms. The van der Waals surface area contributed by atoms with Crippen LogP contribution in [0.1, 0.15) is 18.2 Å². The van der Waals surface area contributed by atoms with Gasteiger partial charge in [-0.1, -0.05) is 34.5 Å². The average molecular weight is 316 g/mol. The molecule has 1 aromatic carbocycles. The Bertz CT molecular complexity index is 522. The molecule has 0 spiro atoms. The lowest BCUT2D eigenvalue weighted by Crippen LogP contribution is -1.96. The average Bonchev–Trinajstić information content (AvgIpc) is 2.66. The summed E-state index contributed by atoms with van der Waals surface area (Å²) >= 11 is 9.59. The number of hydrogen-bond donors (Lipinski definition) is 1. The van der Waals surface area contributed by atoms with E-state index >= 15 is 0 Å². The van der Waals surface area contributed by atoms with Crippen molar-refractivity contribution in [3.8, 4) is 5.69 Å². The van der Waals surface area contributed by atoms with E-state index in [1.807, 2.05) is 31.2 Å². The monoisotopic (exact) mass is 314 g/mol. The zero-order chi connectivity index (χ0) is 12.4. The smallest absolute Gasteiger partial charge is 0.138 e. The summed E-state index contributed by atoms with van der Waals surface area (Å²) in [5, 5.41) is 14.2. The van der Waals surface area contributed by atoms with Crippen LogP contribution in [0.4, 0.5) is 0 Å². The van der Waals surface area contributed by atoms with Gasteiger partial charge in [-0.15, -0.1) is 0 Å². The SMILES string of the molecule is CCc1nn(-c2ccc(Br)cc2)c(Cl)c1CO. The summed E-state index contributed by atoms with van der Waals surface area (Å²) in [7, 11) is 0. The Labute approximate surface area is 113 Å².